The van der Waals surface area contributed by atoms with E-state index in [1.54, 1.807) is 0 Å². The number of anilines is 2. The molecule has 3 N–H and O–H groups in total. The van der Waals surface area contributed by atoms with Crippen LogP contribution in [0, 0.1) is 6.92 Å². The van der Waals surface area contributed by atoms with Crippen molar-refractivity contribution in [2.45, 2.75) is 19.8 Å². The molecule has 88 valence electrons. The molecule has 0 aliphatic carbocycles. The van der Waals surface area contributed by atoms with Gasteiger partial charge >= 0.3 is 0 Å². The van der Waals surface area contributed by atoms with E-state index < -0.39 is 0 Å². The van der Waals surface area contributed by atoms with Crippen molar-refractivity contribution in [1.29, 1.82) is 0 Å². The number of benzene rings is 1. The van der Waals surface area contributed by atoms with Gasteiger partial charge in [0.15, 0.2) is 0 Å². The fourth-order valence-corrected chi connectivity index (χ4v) is 2.20. The van der Waals surface area contributed by atoms with E-state index in [-0.39, 0.29) is 0 Å². The molecular weight excluding hydrogens is 198 g/mol. The molecule has 1 aliphatic rings. The van der Waals surface area contributed by atoms with Crippen LogP contribution in [0.2, 0.25) is 0 Å². The molecule has 0 unspecified atom stereocenters. The first-order chi connectivity index (χ1) is 7.77. The molecule has 0 bridgehead atoms. The van der Waals surface area contributed by atoms with Gasteiger partial charge in [0, 0.05) is 24.5 Å². The third-order valence-corrected chi connectivity index (χ3v) is 3.32. The molecule has 1 aliphatic heterocycles. The number of hydrogen-bond donors (Lipinski definition) is 2. The third-order valence-electron chi connectivity index (χ3n) is 3.32. The summed E-state index contributed by atoms with van der Waals surface area (Å²) < 4.78 is 0. The lowest BCUT2D eigenvalue weighted by atomic mass is 10.1. The van der Waals surface area contributed by atoms with E-state index in [1.165, 1.54) is 31.6 Å². The molecule has 2 rings (SSSR count). The summed E-state index contributed by atoms with van der Waals surface area (Å²) in [5.41, 5.74) is 9.05. The Bertz CT molecular complexity index is 343. The number of nitrogens with two attached hydrogens (primary N) is 1. The highest BCUT2D eigenvalue weighted by atomic mass is 15.1. The van der Waals surface area contributed by atoms with Crippen molar-refractivity contribution < 1.29 is 0 Å². The maximum absolute atomic E-state index is 5.86. The van der Waals surface area contributed by atoms with E-state index in [4.69, 9.17) is 5.73 Å². The highest BCUT2D eigenvalue weighted by Crippen LogP contribution is 2.20. The number of rotatable bonds is 4. The van der Waals surface area contributed by atoms with Crippen LogP contribution in [-0.4, -0.2) is 31.1 Å². The molecule has 3 nitrogen and oxygen atoms in total. The lowest BCUT2D eigenvalue weighted by molar-refractivity contribution is 0.352. The van der Waals surface area contributed by atoms with Gasteiger partial charge in [-0.2, -0.15) is 0 Å². The van der Waals surface area contributed by atoms with Crippen molar-refractivity contribution in [2.24, 2.45) is 0 Å². The highest BCUT2D eigenvalue weighted by Gasteiger charge is 2.10. The van der Waals surface area contributed by atoms with Crippen molar-refractivity contribution in [3.8, 4) is 0 Å². The van der Waals surface area contributed by atoms with Gasteiger partial charge in [-0.3, -0.25) is 0 Å². The van der Waals surface area contributed by atoms with Crippen molar-refractivity contribution >= 4 is 11.4 Å². The first-order valence-corrected chi connectivity index (χ1v) is 6.08. The Morgan fingerprint density at radius 3 is 2.81 bits per heavy atom. The molecule has 0 radical (unpaired) electrons. The summed E-state index contributed by atoms with van der Waals surface area (Å²) in [6.45, 7) is 6.72. The monoisotopic (exact) mass is 219 g/mol. The minimum atomic E-state index is 0.867. The largest absolute Gasteiger partial charge is 0.398 e. The number of nitrogens with zero attached hydrogens (tertiary/aromatic N) is 1. The van der Waals surface area contributed by atoms with Crippen molar-refractivity contribution in [2.75, 3.05) is 37.2 Å². The van der Waals surface area contributed by atoms with Gasteiger partial charge in [0.2, 0.25) is 0 Å². The normalized spacial score (nSPS) is 16.6. The standard InChI is InChI=1S/C13H21N3/c1-11-12(14)5-4-6-13(11)15-7-10-16-8-2-3-9-16/h4-6,15H,2-3,7-10,14H2,1H3. The number of nitrogens with one attached hydrogen (secondary N) is 1. The Morgan fingerprint density at radius 1 is 1.31 bits per heavy atom. The van der Waals surface area contributed by atoms with Gasteiger partial charge in [0.25, 0.3) is 0 Å². The second kappa shape index (κ2) is 5.21. The highest BCUT2D eigenvalue weighted by molar-refractivity contribution is 5.62. The molecule has 0 spiro atoms. The second-order valence-electron chi connectivity index (χ2n) is 4.50. The Morgan fingerprint density at radius 2 is 2.06 bits per heavy atom. The molecule has 1 fully saturated rings. The number of hydrogen-bond acceptors (Lipinski definition) is 3. The van der Waals surface area contributed by atoms with Crippen molar-refractivity contribution in [3.63, 3.8) is 0 Å². The van der Waals surface area contributed by atoms with Gasteiger partial charge < -0.3 is 16.0 Å². The van der Waals surface area contributed by atoms with Crippen LogP contribution in [0.1, 0.15) is 18.4 Å². The van der Waals surface area contributed by atoms with E-state index in [9.17, 15) is 0 Å². The van der Waals surface area contributed by atoms with Crippen LogP contribution in [0.15, 0.2) is 18.2 Å². The van der Waals surface area contributed by atoms with E-state index in [0.717, 1.165) is 24.3 Å². The van der Waals surface area contributed by atoms with Gasteiger partial charge in [0.05, 0.1) is 0 Å². The maximum Gasteiger partial charge on any atom is 0.0391 e. The van der Waals surface area contributed by atoms with E-state index in [2.05, 4.69) is 23.2 Å². The van der Waals surface area contributed by atoms with Gasteiger partial charge in [-0.25, -0.2) is 0 Å². The maximum atomic E-state index is 5.86. The summed E-state index contributed by atoms with van der Waals surface area (Å²) in [6.07, 6.45) is 2.72. The van der Waals surface area contributed by atoms with Gasteiger partial charge in [-0.05, 0) is 50.6 Å². The minimum Gasteiger partial charge on any atom is -0.398 e. The van der Waals surface area contributed by atoms with Crippen LogP contribution in [0.25, 0.3) is 0 Å². The summed E-state index contributed by atoms with van der Waals surface area (Å²) >= 11 is 0. The predicted octanol–water partition coefficient (Wildman–Crippen LogP) is 2.08. The van der Waals surface area contributed by atoms with Crippen molar-refractivity contribution in [1.82, 2.24) is 4.90 Å². The molecular formula is C13H21N3. The summed E-state index contributed by atoms with van der Waals surface area (Å²) in [4.78, 5) is 2.51. The Hall–Kier alpha value is -1.22. The molecule has 0 amide bonds. The zero-order valence-electron chi connectivity index (χ0n) is 10.00. The topological polar surface area (TPSA) is 41.3 Å². The van der Waals surface area contributed by atoms with Crippen LogP contribution in [0.4, 0.5) is 11.4 Å². The molecule has 1 aromatic rings. The molecule has 0 atom stereocenters. The first-order valence-electron chi connectivity index (χ1n) is 6.08. The molecule has 0 saturated carbocycles. The van der Waals surface area contributed by atoms with E-state index >= 15 is 0 Å². The zero-order chi connectivity index (χ0) is 11.4. The fraction of sp³-hybridized carbons (Fsp3) is 0.538. The summed E-state index contributed by atoms with van der Waals surface area (Å²) in [5, 5.41) is 3.46. The van der Waals surface area contributed by atoms with Gasteiger partial charge in [0.1, 0.15) is 0 Å². The predicted molar refractivity (Wildman–Crippen MR) is 69.8 cm³/mol. The summed E-state index contributed by atoms with van der Waals surface area (Å²) in [7, 11) is 0. The van der Waals surface area contributed by atoms with Crippen LogP contribution in [-0.2, 0) is 0 Å². The molecule has 16 heavy (non-hydrogen) atoms. The molecule has 1 heterocycles. The van der Waals surface area contributed by atoms with Gasteiger partial charge in [-0.1, -0.05) is 6.07 Å². The zero-order valence-corrected chi connectivity index (χ0v) is 10.00. The average Bonchev–Trinajstić information content (AvgIpc) is 2.77. The van der Waals surface area contributed by atoms with E-state index in [0.29, 0.717) is 0 Å². The SMILES string of the molecule is Cc1c(N)cccc1NCCN1CCCC1. The molecule has 0 aromatic heterocycles. The number of nitrogen functional groups attached to an aromatic ring is 1. The van der Waals surface area contributed by atoms with Crippen LogP contribution < -0.4 is 11.1 Å². The Kier molecular flexibility index (Phi) is 3.67. The lowest BCUT2D eigenvalue weighted by Gasteiger charge is -2.16. The average molecular weight is 219 g/mol. The lowest BCUT2D eigenvalue weighted by Crippen LogP contribution is -2.26. The fourth-order valence-electron chi connectivity index (χ4n) is 2.20. The van der Waals surface area contributed by atoms with Crippen LogP contribution in [0.5, 0.6) is 0 Å². The van der Waals surface area contributed by atoms with E-state index in [1.807, 2.05) is 12.1 Å². The molecule has 1 saturated heterocycles. The minimum absolute atomic E-state index is 0.867. The number of likely N-dealkylation sites (tertiary alicyclic amines) is 1. The van der Waals surface area contributed by atoms with Gasteiger partial charge in [-0.15, -0.1) is 0 Å². The van der Waals surface area contributed by atoms with Crippen molar-refractivity contribution in [3.05, 3.63) is 23.8 Å². The summed E-state index contributed by atoms with van der Waals surface area (Å²) in [5.74, 6) is 0. The smallest absolute Gasteiger partial charge is 0.0391 e. The molecule has 3 heteroatoms. The summed E-state index contributed by atoms with van der Waals surface area (Å²) in [6, 6.07) is 6.04. The van der Waals surface area contributed by atoms with Crippen LogP contribution in [0.3, 0.4) is 0 Å². The quantitative estimate of drug-likeness (QED) is 0.762. The molecule has 1 aromatic carbocycles. The third kappa shape index (κ3) is 2.67. The Labute approximate surface area is 97.6 Å². The van der Waals surface area contributed by atoms with Crippen LogP contribution >= 0.6 is 0 Å². The second-order valence-corrected chi connectivity index (χ2v) is 4.50. The Balaban J connectivity index is 1.82. The first kappa shape index (κ1) is 11.3.